The van der Waals surface area contributed by atoms with Gasteiger partial charge < -0.3 is 9.88 Å². The quantitative estimate of drug-likeness (QED) is 0.422. The molecule has 0 radical (unpaired) electrons. The molecule has 0 amide bonds. The third kappa shape index (κ3) is 5.29. The molecule has 2 nitrogen and oxygen atoms in total. The summed E-state index contributed by atoms with van der Waals surface area (Å²) >= 11 is 0. The molecule has 2 aromatic carbocycles. The first-order valence-electron chi connectivity index (χ1n) is 11.7. The van der Waals surface area contributed by atoms with Crippen molar-refractivity contribution in [3.63, 3.8) is 0 Å². The third-order valence-electron chi connectivity index (χ3n) is 6.79. The maximum absolute atomic E-state index is 14.6. The molecule has 32 heavy (non-hydrogen) atoms. The SMILES string of the molecule is CC(C)(C)[C@@H](CCC1CCNC1)c1cc(-c2cc(F)ccc2F)cn1Cc1ccccc1. The molecule has 2 atom stereocenters. The minimum absolute atomic E-state index is 0.0522. The summed E-state index contributed by atoms with van der Waals surface area (Å²) in [5.41, 5.74) is 3.51. The average Bonchev–Trinajstić information content (AvgIpc) is 3.40. The van der Waals surface area contributed by atoms with Gasteiger partial charge in [0.2, 0.25) is 0 Å². The van der Waals surface area contributed by atoms with E-state index in [2.05, 4.69) is 48.9 Å². The monoisotopic (exact) mass is 436 g/mol. The van der Waals surface area contributed by atoms with Crippen LogP contribution in [0.15, 0.2) is 60.8 Å². The minimum atomic E-state index is -0.417. The normalized spacial score (nSPS) is 17.6. The molecule has 3 aromatic rings. The lowest BCUT2D eigenvalue weighted by molar-refractivity contribution is 0.276. The fourth-order valence-electron chi connectivity index (χ4n) is 4.99. The number of benzene rings is 2. The maximum atomic E-state index is 14.6. The lowest BCUT2D eigenvalue weighted by atomic mass is 9.75. The van der Waals surface area contributed by atoms with E-state index in [1.54, 1.807) is 0 Å². The van der Waals surface area contributed by atoms with Crippen molar-refractivity contribution in [1.29, 1.82) is 0 Å². The Hall–Kier alpha value is -2.46. The highest BCUT2D eigenvalue weighted by Crippen LogP contribution is 2.42. The Kier molecular flexibility index (Phi) is 6.80. The Morgan fingerprint density at radius 3 is 2.53 bits per heavy atom. The molecular weight excluding hydrogens is 402 g/mol. The highest BCUT2D eigenvalue weighted by Gasteiger charge is 2.30. The molecule has 0 aliphatic carbocycles. The van der Waals surface area contributed by atoms with E-state index >= 15 is 0 Å². The van der Waals surface area contributed by atoms with Gasteiger partial charge in [0.25, 0.3) is 0 Å². The molecule has 1 fully saturated rings. The van der Waals surface area contributed by atoms with E-state index < -0.39 is 5.82 Å². The van der Waals surface area contributed by atoms with Crippen molar-refractivity contribution in [2.45, 2.75) is 52.5 Å². The largest absolute Gasteiger partial charge is 0.346 e. The summed E-state index contributed by atoms with van der Waals surface area (Å²) in [6, 6.07) is 16.1. The summed E-state index contributed by atoms with van der Waals surface area (Å²) in [7, 11) is 0. The molecule has 2 heterocycles. The van der Waals surface area contributed by atoms with Crippen molar-refractivity contribution < 1.29 is 8.78 Å². The molecule has 170 valence electrons. The summed E-state index contributed by atoms with van der Waals surface area (Å²) in [5.74, 6) is 0.230. The summed E-state index contributed by atoms with van der Waals surface area (Å²) < 4.78 is 30.8. The van der Waals surface area contributed by atoms with Gasteiger partial charge in [-0.05, 0) is 73.5 Å². The number of halogens is 2. The van der Waals surface area contributed by atoms with Gasteiger partial charge in [-0.25, -0.2) is 8.78 Å². The van der Waals surface area contributed by atoms with Gasteiger partial charge in [-0.15, -0.1) is 0 Å². The van der Waals surface area contributed by atoms with Crippen LogP contribution in [0, 0.1) is 23.0 Å². The van der Waals surface area contributed by atoms with Gasteiger partial charge in [0.15, 0.2) is 0 Å². The van der Waals surface area contributed by atoms with Crippen LogP contribution in [0.3, 0.4) is 0 Å². The van der Waals surface area contributed by atoms with E-state index in [-0.39, 0.29) is 11.2 Å². The maximum Gasteiger partial charge on any atom is 0.131 e. The summed E-state index contributed by atoms with van der Waals surface area (Å²) in [6.07, 6.45) is 5.49. The molecule has 4 heteroatoms. The average molecular weight is 437 g/mol. The second-order valence-corrected chi connectivity index (χ2v) is 10.2. The van der Waals surface area contributed by atoms with Gasteiger partial charge in [0.05, 0.1) is 0 Å². The molecule has 0 saturated carbocycles. The van der Waals surface area contributed by atoms with Gasteiger partial charge in [-0.3, -0.25) is 0 Å². The molecular formula is C28H34F2N2. The van der Waals surface area contributed by atoms with Gasteiger partial charge in [-0.2, -0.15) is 0 Å². The zero-order chi connectivity index (χ0) is 22.7. The first-order chi connectivity index (χ1) is 15.3. The number of nitrogens with one attached hydrogen (secondary N) is 1. The van der Waals surface area contributed by atoms with Crippen molar-refractivity contribution in [2.24, 2.45) is 11.3 Å². The van der Waals surface area contributed by atoms with Crippen LogP contribution in [0.2, 0.25) is 0 Å². The Labute approximate surface area is 190 Å². The second kappa shape index (κ2) is 9.58. The van der Waals surface area contributed by atoms with Crippen LogP contribution in [0.5, 0.6) is 0 Å². The van der Waals surface area contributed by atoms with Crippen LogP contribution in [0.1, 0.15) is 57.2 Å². The topological polar surface area (TPSA) is 17.0 Å². The van der Waals surface area contributed by atoms with Gasteiger partial charge in [0.1, 0.15) is 11.6 Å². The number of nitrogens with zero attached hydrogens (tertiary/aromatic N) is 1. The van der Waals surface area contributed by atoms with Crippen LogP contribution >= 0.6 is 0 Å². The first kappa shape index (κ1) is 22.7. The molecule has 0 bridgehead atoms. The smallest absolute Gasteiger partial charge is 0.131 e. The lowest BCUT2D eigenvalue weighted by Crippen LogP contribution is -2.23. The summed E-state index contributed by atoms with van der Waals surface area (Å²) in [6.45, 7) is 9.77. The van der Waals surface area contributed by atoms with E-state index in [1.807, 2.05) is 24.4 Å². The van der Waals surface area contributed by atoms with E-state index in [0.29, 0.717) is 18.0 Å². The number of rotatable bonds is 7. The van der Waals surface area contributed by atoms with E-state index in [0.717, 1.165) is 31.0 Å². The van der Waals surface area contributed by atoms with Crippen molar-refractivity contribution >= 4 is 0 Å². The van der Waals surface area contributed by atoms with E-state index in [4.69, 9.17) is 0 Å². The van der Waals surface area contributed by atoms with Crippen molar-refractivity contribution in [1.82, 2.24) is 9.88 Å². The van der Waals surface area contributed by atoms with Crippen LogP contribution in [0.4, 0.5) is 8.78 Å². The molecule has 0 spiro atoms. The van der Waals surface area contributed by atoms with Gasteiger partial charge in [0, 0.05) is 35.5 Å². The van der Waals surface area contributed by atoms with Crippen molar-refractivity contribution in [3.05, 3.63) is 83.7 Å². The highest BCUT2D eigenvalue weighted by atomic mass is 19.1. The lowest BCUT2D eigenvalue weighted by Gasteiger charge is -2.33. The number of hydrogen-bond donors (Lipinski definition) is 1. The Balaban J connectivity index is 1.74. The molecule has 1 N–H and O–H groups in total. The van der Waals surface area contributed by atoms with Crippen LogP contribution in [-0.4, -0.2) is 17.7 Å². The molecule has 1 unspecified atom stereocenters. The van der Waals surface area contributed by atoms with Gasteiger partial charge in [-0.1, -0.05) is 51.1 Å². The van der Waals surface area contributed by atoms with Crippen LogP contribution in [0.25, 0.3) is 11.1 Å². The van der Waals surface area contributed by atoms with Gasteiger partial charge >= 0.3 is 0 Å². The third-order valence-corrected chi connectivity index (χ3v) is 6.79. The fourth-order valence-corrected chi connectivity index (χ4v) is 4.99. The zero-order valence-electron chi connectivity index (χ0n) is 19.4. The summed E-state index contributed by atoms with van der Waals surface area (Å²) in [5, 5.41) is 3.47. The Bertz CT molecular complexity index is 1030. The highest BCUT2D eigenvalue weighted by molar-refractivity contribution is 5.65. The Morgan fingerprint density at radius 1 is 1.06 bits per heavy atom. The minimum Gasteiger partial charge on any atom is -0.346 e. The first-order valence-corrected chi connectivity index (χ1v) is 11.7. The zero-order valence-corrected chi connectivity index (χ0v) is 19.4. The summed E-state index contributed by atoms with van der Waals surface area (Å²) in [4.78, 5) is 0. The standard InChI is InChI=1S/C28H34F2N2/c1-28(2,3)25(11-9-20-13-14-31-17-20)27-15-22(24-16-23(29)10-12-26(24)30)19-32(27)18-21-7-5-4-6-8-21/h4-8,10,12,15-16,19-20,25,31H,9,11,13-14,17-18H2,1-3H3/t20?,25-/m0/s1. The fraction of sp³-hybridized carbons (Fsp3) is 0.429. The van der Waals surface area contributed by atoms with E-state index in [9.17, 15) is 8.78 Å². The second-order valence-electron chi connectivity index (χ2n) is 10.2. The molecule has 1 aromatic heterocycles. The molecule has 1 aliphatic heterocycles. The number of aromatic nitrogens is 1. The molecule has 1 aliphatic rings. The van der Waals surface area contributed by atoms with E-state index in [1.165, 1.54) is 42.3 Å². The van der Waals surface area contributed by atoms with Crippen molar-refractivity contribution in [2.75, 3.05) is 13.1 Å². The van der Waals surface area contributed by atoms with Crippen molar-refractivity contribution in [3.8, 4) is 11.1 Å². The predicted octanol–water partition coefficient (Wildman–Crippen LogP) is 7.00. The Morgan fingerprint density at radius 2 is 1.84 bits per heavy atom. The molecule has 1 saturated heterocycles. The van der Waals surface area contributed by atoms with Crippen LogP contribution < -0.4 is 5.32 Å². The number of hydrogen-bond acceptors (Lipinski definition) is 1. The molecule has 4 rings (SSSR count). The van der Waals surface area contributed by atoms with Crippen LogP contribution in [-0.2, 0) is 6.54 Å². The predicted molar refractivity (Wildman–Crippen MR) is 128 cm³/mol.